The summed E-state index contributed by atoms with van der Waals surface area (Å²) in [7, 11) is 1.71. The fraction of sp³-hybridized carbons (Fsp3) is 0.480. The fourth-order valence-corrected chi connectivity index (χ4v) is 4.94. The number of imide groups is 1. The van der Waals surface area contributed by atoms with Gasteiger partial charge in [-0.2, -0.15) is 0 Å². The van der Waals surface area contributed by atoms with Crippen LogP contribution in [0.2, 0.25) is 0 Å². The van der Waals surface area contributed by atoms with Crippen LogP contribution in [0.25, 0.3) is 0 Å². The van der Waals surface area contributed by atoms with Gasteiger partial charge in [0.1, 0.15) is 5.54 Å². The van der Waals surface area contributed by atoms with E-state index in [-0.39, 0.29) is 24.5 Å². The number of ether oxygens (including phenoxy) is 1. The Hall–Kier alpha value is -2.77. The van der Waals surface area contributed by atoms with E-state index in [9.17, 15) is 9.59 Å². The molecule has 170 valence electrons. The van der Waals surface area contributed by atoms with E-state index in [4.69, 9.17) is 4.74 Å². The molecule has 1 spiro atoms. The molecule has 0 radical (unpaired) electrons. The van der Waals surface area contributed by atoms with Crippen molar-refractivity contribution in [2.24, 2.45) is 0 Å². The molecular formula is C25H32N4O3. The number of carbonyl (C=O) groups is 2. The Morgan fingerprint density at radius 1 is 1.06 bits per heavy atom. The second-order valence-electron chi connectivity index (χ2n) is 8.75. The maximum absolute atomic E-state index is 13.7. The molecule has 2 aliphatic rings. The number of carbonyl (C=O) groups excluding carboxylic acids is 2. The molecule has 0 saturated carbocycles. The molecule has 2 saturated heterocycles. The van der Waals surface area contributed by atoms with Crippen molar-refractivity contribution in [3.63, 3.8) is 0 Å². The molecule has 0 N–H and O–H groups in total. The monoisotopic (exact) mass is 436 g/mol. The summed E-state index contributed by atoms with van der Waals surface area (Å²) in [4.78, 5) is 37.1. The lowest BCUT2D eigenvalue weighted by molar-refractivity contribution is -0.136. The number of nitrogens with zero attached hydrogens (tertiary/aromatic N) is 4. The van der Waals surface area contributed by atoms with Crippen molar-refractivity contribution >= 4 is 11.9 Å². The van der Waals surface area contributed by atoms with Gasteiger partial charge in [0, 0.05) is 39.0 Å². The number of urea groups is 1. The topological polar surface area (TPSA) is 66.0 Å². The summed E-state index contributed by atoms with van der Waals surface area (Å²) >= 11 is 0. The lowest BCUT2D eigenvalue weighted by Gasteiger charge is -2.44. The summed E-state index contributed by atoms with van der Waals surface area (Å²) in [5.74, 6) is -0.0831. The zero-order valence-corrected chi connectivity index (χ0v) is 18.9. The highest BCUT2D eigenvalue weighted by Gasteiger charge is 2.57. The molecule has 32 heavy (non-hydrogen) atoms. The van der Waals surface area contributed by atoms with E-state index >= 15 is 0 Å². The van der Waals surface area contributed by atoms with Gasteiger partial charge < -0.3 is 9.64 Å². The van der Waals surface area contributed by atoms with Gasteiger partial charge >= 0.3 is 6.03 Å². The standard InChI is InChI=1S/C25H32N4O3/c1-20(19-32-2)27-16-12-25(13-17-27)23(30)28(18-22-10-6-7-14-26-22)24(31)29(25)15-11-21-8-4-3-5-9-21/h3-10,14,20H,11-13,15-19H2,1-2H3. The predicted molar refractivity (Wildman–Crippen MR) is 122 cm³/mol. The smallest absolute Gasteiger partial charge is 0.328 e. The van der Waals surface area contributed by atoms with Crippen LogP contribution in [0.15, 0.2) is 54.7 Å². The van der Waals surface area contributed by atoms with E-state index in [1.165, 1.54) is 4.90 Å². The van der Waals surface area contributed by atoms with Gasteiger partial charge in [0.25, 0.3) is 5.91 Å². The minimum absolute atomic E-state index is 0.0831. The lowest BCUT2D eigenvalue weighted by atomic mass is 9.85. The number of pyridine rings is 1. The number of methoxy groups -OCH3 is 1. The van der Waals surface area contributed by atoms with E-state index in [1.54, 1.807) is 13.3 Å². The first kappa shape index (κ1) is 22.4. The first-order chi connectivity index (χ1) is 15.5. The normalized spacial score (nSPS) is 19.7. The Balaban J connectivity index is 1.56. The fourth-order valence-electron chi connectivity index (χ4n) is 4.94. The highest BCUT2D eigenvalue weighted by molar-refractivity contribution is 6.07. The van der Waals surface area contributed by atoms with E-state index < -0.39 is 5.54 Å². The zero-order chi connectivity index (χ0) is 22.6. The average Bonchev–Trinajstić information content (AvgIpc) is 3.01. The Morgan fingerprint density at radius 3 is 2.44 bits per heavy atom. The van der Waals surface area contributed by atoms with Crippen LogP contribution >= 0.6 is 0 Å². The maximum Gasteiger partial charge on any atom is 0.328 e. The number of amides is 3. The number of hydrogen-bond donors (Lipinski definition) is 0. The summed E-state index contributed by atoms with van der Waals surface area (Å²) in [5, 5.41) is 0. The number of likely N-dealkylation sites (tertiary alicyclic amines) is 1. The number of aromatic nitrogens is 1. The van der Waals surface area contributed by atoms with Crippen LogP contribution in [-0.2, 0) is 22.5 Å². The highest BCUT2D eigenvalue weighted by atomic mass is 16.5. The molecule has 0 aliphatic carbocycles. The zero-order valence-electron chi connectivity index (χ0n) is 18.9. The number of hydrogen-bond acceptors (Lipinski definition) is 5. The molecule has 1 aromatic heterocycles. The Labute approximate surface area is 190 Å². The van der Waals surface area contributed by atoms with Crippen molar-refractivity contribution in [2.75, 3.05) is 33.4 Å². The van der Waals surface area contributed by atoms with Gasteiger partial charge in [0.05, 0.1) is 18.8 Å². The van der Waals surface area contributed by atoms with Crippen LogP contribution < -0.4 is 0 Å². The van der Waals surface area contributed by atoms with Gasteiger partial charge in [-0.3, -0.25) is 19.6 Å². The minimum Gasteiger partial charge on any atom is -0.383 e. The van der Waals surface area contributed by atoms with Gasteiger partial charge in [-0.15, -0.1) is 0 Å². The largest absolute Gasteiger partial charge is 0.383 e. The molecule has 0 bridgehead atoms. The first-order valence-electron chi connectivity index (χ1n) is 11.4. The molecular weight excluding hydrogens is 404 g/mol. The SMILES string of the molecule is COCC(C)N1CCC2(CC1)C(=O)N(Cc1ccccn1)C(=O)N2CCc1ccccc1. The highest BCUT2D eigenvalue weighted by Crippen LogP contribution is 2.38. The second-order valence-corrected chi connectivity index (χ2v) is 8.75. The number of piperidine rings is 1. The summed E-state index contributed by atoms with van der Waals surface area (Å²) in [5.41, 5.74) is 1.11. The molecule has 2 fully saturated rings. The molecule has 2 aliphatic heterocycles. The quantitative estimate of drug-likeness (QED) is 0.596. The molecule has 7 nitrogen and oxygen atoms in total. The van der Waals surface area contributed by atoms with Gasteiger partial charge in [-0.1, -0.05) is 36.4 Å². The maximum atomic E-state index is 13.7. The Kier molecular flexibility index (Phi) is 6.86. The second kappa shape index (κ2) is 9.79. The van der Waals surface area contributed by atoms with E-state index in [1.807, 2.05) is 41.3 Å². The van der Waals surface area contributed by atoms with Crippen molar-refractivity contribution in [1.82, 2.24) is 19.7 Å². The third-order valence-corrected chi connectivity index (χ3v) is 6.79. The lowest BCUT2D eigenvalue weighted by Crippen LogP contribution is -2.58. The van der Waals surface area contributed by atoms with Crippen LogP contribution in [0.3, 0.4) is 0 Å². The van der Waals surface area contributed by atoms with E-state index in [0.717, 1.165) is 30.8 Å². The van der Waals surface area contributed by atoms with Gasteiger partial charge in [-0.25, -0.2) is 4.79 Å². The third-order valence-electron chi connectivity index (χ3n) is 6.79. The Morgan fingerprint density at radius 2 is 1.78 bits per heavy atom. The summed E-state index contributed by atoms with van der Waals surface area (Å²) < 4.78 is 5.32. The van der Waals surface area contributed by atoms with Gasteiger partial charge in [0.15, 0.2) is 0 Å². The van der Waals surface area contributed by atoms with Gasteiger partial charge in [-0.05, 0) is 43.9 Å². The third kappa shape index (κ3) is 4.40. The summed E-state index contributed by atoms with van der Waals surface area (Å²) in [6.45, 7) is 5.07. The van der Waals surface area contributed by atoms with Crippen molar-refractivity contribution in [3.8, 4) is 0 Å². The molecule has 1 aromatic carbocycles. The number of benzene rings is 1. The Bertz CT molecular complexity index is 913. The van der Waals surface area contributed by atoms with E-state index in [2.05, 4.69) is 28.9 Å². The minimum atomic E-state index is -0.774. The van der Waals surface area contributed by atoms with Crippen LogP contribution in [0.1, 0.15) is 31.0 Å². The first-order valence-corrected chi connectivity index (χ1v) is 11.4. The van der Waals surface area contributed by atoms with Crippen LogP contribution in [0.5, 0.6) is 0 Å². The molecule has 7 heteroatoms. The molecule has 4 rings (SSSR count). The van der Waals surface area contributed by atoms with Crippen LogP contribution in [-0.4, -0.2) is 76.6 Å². The predicted octanol–water partition coefficient (Wildman–Crippen LogP) is 2.96. The molecule has 1 atom stereocenters. The molecule has 3 heterocycles. The van der Waals surface area contributed by atoms with Crippen molar-refractivity contribution in [2.45, 2.75) is 44.3 Å². The summed E-state index contributed by atoms with van der Waals surface area (Å²) in [6, 6.07) is 15.8. The molecule has 3 amide bonds. The number of rotatable bonds is 8. The summed E-state index contributed by atoms with van der Waals surface area (Å²) in [6.07, 6.45) is 3.69. The van der Waals surface area contributed by atoms with Crippen LogP contribution in [0.4, 0.5) is 4.79 Å². The van der Waals surface area contributed by atoms with Crippen molar-refractivity contribution < 1.29 is 14.3 Å². The molecule has 2 aromatic rings. The average molecular weight is 437 g/mol. The van der Waals surface area contributed by atoms with E-state index in [0.29, 0.717) is 26.0 Å². The van der Waals surface area contributed by atoms with Gasteiger partial charge in [0.2, 0.25) is 0 Å². The van der Waals surface area contributed by atoms with Crippen LogP contribution in [0, 0.1) is 0 Å². The van der Waals surface area contributed by atoms with Crippen molar-refractivity contribution in [1.29, 1.82) is 0 Å². The molecule has 1 unspecified atom stereocenters. The van der Waals surface area contributed by atoms with Crippen molar-refractivity contribution in [3.05, 3.63) is 66.0 Å².